The second kappa shape index (κ2) is 8.84. The second-order valence-corrected chi connectivity index (χ2v) is 7.76. The van der Waals surface area contributed by atoms with Crippen molar-refractivity contribution in [3.8, 4) is 0 Å². The predicted molar refractivity (Wildman–Crippen MR) is 113 cm³/mol. The van der Waals surface area contributed by atoms with Crippen LogP contribution in [-0.4, -0.2) is 22.2 Å². The number of aryl methyl sites for hydroxylation is 1. The van der Waals surface area contributed by atoms with Crippen LogP contribution in [0.15, 0.2) is 65.2 Å². The number of anilines is 1. The van der Waals surface area contributed by atoms with Crippen molar-refractivity contribution in [3.63, 3.8) is 0 Å². The molecule has 1 aliphatic rings. The van der Waals surface area contributed by atoms with Crippen molar-refractivity contribution in [2.75, 3.05) is 5.73 Å². The summed E-state index contributed by atoms with van der Waals surface area (Å²) in [5.74, 6) is -0.623. The molecule has 0 aromatic heterocycles. The van der Waals surface area contributed by atoms with Crippen LogP contribution in [-0.2, 0) is 22.6 Å². The fourth-order valence-electron chi connectivity index (χ4n) is 3.16. The van der Waals surface area contributed by atoms with Crippen molar-refractivity contribution in [1.29, 1.82) is 0 Å². The zero-order valence-corrected chi connectivity index (χ0v) is 16.5. The highest BCUT2D eigenvalue weighted by molar-refractivity contribution is 8.04. The van der Waals surface area contributed by atoms with E-state index in [0.29, 0.717) is 23.6 Å². The third-order valence-electron chi connectivity index (χ3n) is 4.50. The standard InChI is InChI=1S/C21H24N4O2S/c1-14(26)24-21-25(13-16-5-3-2-4-6-16)18(19(28-21)20(23)27)12-9-15-7-10-17(22)11-8-15/h2-8,10-11,21H,9,12-13,22H2,1H3,(H2,23,27)(H,24,26). The maximum absolute atomic E-state index is 12.1. The van der Waals surface area contributed by atoms with Crippen LogP contribution in [0, 0.1) is 0 Å². The highest BCUT2D eigenvalue weighted by atomic mass is 32.2. The van der Waals surface area contributed by atoms with Gasteiger partial charge in [0.05, 0.1) is 4.91 Å². The van der Waals surface area contributed by atoms with E-state index in [9.17, 15) is 9.59 Å². The van der Waals surface area contributed by atoms with Crippen LogP contribution in [0.25, 0.3) is 0 Å². The lowest BCUT2D eigenvalue weighted by molar-refractivity contribution is -0.119. The molecule has 2 aromatic rings. The number of thioether (sulfide) groups is 1. The molecule has 5 N–H and O–H groups in total. The number of nitrogens with two attached hydrogens (primary N) is 2. The molecule has 0 aliphatic carbocycles. The summed E-state index contributed by atoms with van der Waals surface area (Å²) < 4.78 is 0. The number of carbonyl (C=O) groups excluding carboxylic acids is 2. The number of allylic oxidation sites excluding steroid dienone is 1. The zero-order valence-electron chi connectivity index (χ0n) is 15.7. The minimum absolute atomic E-state index is 0.154. The monoisotopic (exact) mass is 396 g/mol. The van der Waals surface area contributed by atoms with Gasteiger partial charge < -0.3 is 21.7 Å². The molecule has 28 heavy (non-hydrogen) atoms. The van der Waals surface area contributed by atoms with Gasteiger partial charge in [0.15, 0.2) is 5.50 Å². The van der Waals surface area contributed by atoms with E-state index in [-0.39, 0.29) is 11.4 Å². The Bertz CT molecular complexity index is 881. The Morgan fingerprint density at radius 2 is 1.71 bits per heavy atom. The number of primary amides is 1. The third kappa shape index (κ3) is 4.86. The smallest absolute Gasteiger partial charge is 0.257 e. The molecule has 146 valence electrons. The average Bonchev–Trinajstić information content (AvgIpc) is 2.99. The Morgan fingerprint density at radius 3 is 2.32 bits per heavy atom. The largest absolute Gasteiger partial charge is 0.399 e. The van der Waals surface area contributed by atoms with E-state index in [2.05, 4.69) is 10.2 Å². The first kappa shape index (κ1) is 19.8. The van der Waals surface area contributed by atoms with Crippen LogP contribution in [0.3, 0.4) is 0 Å². The van der Waals surface area contributed by atoms with Gasteiger partial charge in [0.25, 0.3) is 5.91 Å². The first-order chi connectivity index (χ1) is 13.4. The van der Waals surface area contributed by atoms with Gasteiger partial charge in [0.2, 0.25) is 5.91 Å². The molecule has 1 unspecified atom stereocenters. The predicted octanol–water partition coefficient (Wildman–Crippen LogP) is 2.57. The van der Waals surface area contributed by atoms with Gasteiger partial charge in [0.1, 0.15) is 0 Å². The number of rotatable bonds is 7. The summed E-state index contributed by atoms with van der Waals surface area (Å²) in [7, 11) is 0. The Balaban J connectivity index is 1.87. The van der Waals surface area contributed by atoms with Crippen molar-refractivity contribution in [1.82, 2.24) is 10.2 Å². The average molecular weight is 397 g/mol. The third-order valence-corrected chi connectivity index (χ3v) is 5.77. The molecule has 1 aliphatic heterocycles. The van der Waals surface area contributed by atoms with Crippen LogP contribution < -0.4 is 16.8 Å². The van der Waals surface area contributed by atoms with Crippen LogP contribution in [0.4, 0.5) is 5.69 Å². The fraction of sp³-hybridized carbons (Fsp3) is 0.238. The summed E-state index contributed by atoms with van der Waals surface area (Å²) >= 11 is 1.30. The van der Waals surface area contributed by atoms with Gasteiger partial charge in [-0.25, -0.2) is 0 Å². The molecule has 0 bridgehead atoms. The van der Waals surface area contributed by atoms with E-state index in [1.165, 1.54) is 18.7 Å². The summed E-state index contributed by atoms with van der Waals surface area (Å²) in [5, 5.41) is 2.92. The molecule has 3 rings (SSSR count). The van der Waals surface area contributed by atoms with Gasteiger partial charge in [-0.05, 0) is 36.1 Å². The summed E-state index contributed by atoms with van der Waals surface area (Å²) in [6.45, 7) is 2.05. The summed E-state index contributed by atoms with van der Waals surface area (Å²) in [4.78, 5) is 26.3. The minimum Gasteiger partial charge on any atom is -0.399 e. The second-order valence-electron chi connectivity index (χ2n) is 6.67. The molecule has 6 nitrogen and oxygen atoms in total. The molecule has 7 heteroatoms. The molecule has 0 saturated heterocycles. The SMILES string of the molecule is CC(=O)NC1SC(C(N)=O)=C(CCc2ccc(N)cc2)N1Cc1ccccc1. The topological polar surface area (TPSA) is 101 Å². The molecular formula is C21H24N4O2S. The quantitative estimate of drug-likeness (QED) is 0.625. The summed E-state index contributed by atoms with van der Waals surface area (Å²) in [6, 6.07) is 17.6. The van der Waals surface area contributed by atoms with Gasteiger partial charge in [-0.1, -0.05) is 54.2 Å². The molecule has 0 fully saturated rings. The summed E-state index contributed by atoms with van der Waals surface area (Å²) in [6.07, 6.45) is 1.38. The Labute approximate surface area is 169 Å². The van der Waals surface area contributed by atoms with E-state index in [1.807, 2.05) is 54.6 Å². The summed E-state index contributed by atoms with van der Waals surface area (Å²) in [5.41, 5.74) is 14.8. The van der Waals surface area contributed by atoms with E-state index < -0.39 is 5.91 Å². The Hall–Kier alpha value is -2.93. The van der Waals surface area contributed by atoms with Crippen molar-refractivity contribution in [2.24, 2.45) is 5.73 Å². The van der Waals surface area contributed by atoms with E-state index in [4.69, 9.17) is 11.5 Å². The van der Waals surface area contributed by atoms with Crippen molar-refractivity contribution in [2.45, 2.75) is 31.8 Å². The number of carbonyl (C=O) groups is 2. The number of hydrogen-bond donors (Lipinski definition) is 3. The first-order valence-corrected chi connectivity index (χ1v) is 9.93. The van der Waals surface area contributed by atoms with Gasteiger partial charge in [-0.2, -0.15) is 0 Å². The highest BCUT2D eigenvalue weighted by Gasteiger charge is 2.35. The molecule has 2 aromatic carbocycles. The van der Waals surface area contributed by atoms with E-state index in [1.54, 1.807) is 0 Å². The fourth-order valence-corrected chi connectivity index (χ4v) is 4.41. The van der Waals surface area contributed by atoms with Crippen molar-refractivity contribution < 1.29 is 9.59 Å². The van der Waals surface area contributed by atoms with Gasteiger partial charge in [0, 0.05) is 24.9 Å². The first-order valence-electron chi connectivity index (χ1n) is 9.05. The molecule has 0 saturated carbocycles. The highest BCUT2D eigenvalue weighted by Crippen LogP contribution is 2.39. The van der Waals surface area contributed by atoms with Crippen LogP contribution in [0.2, 0.25) is 0 Å². The Morgan fingerprint density at radius 1 is 1.04 bits per heavy atom. The lowest BCUT2D eigenvalue weighted by atomic mass is 10.1. The van der Waals surface area contributed by atoms with Gasteiger partial charge in [-0.15, -0.1) is 0 Å². The number of hydrogen-bond acceptors (Lipinski definition) is 5. The van der Waals surface area contributed by atoms with Gasteiger partial charge >= 0.3 is 0 Å². The molecule has 0 spiro atoms. The number of benzene rings is 2. The molecule has 1 heterocycles. The van der Waals surface area contributed by atoms with Gasteiger partial charge in [-0.3, -0.25) is 9.59 Å². The maximum atomic E-state index is 12.1. The molecule has 2 amide bonds. The van der Waals surface area contributed by atoms with Crippen LogP contribution >= 0.6 is 11.8 Å². The molecule has 0 radical (unpaired) electrons. The van der Waals surface area contributed by atoms with Crippen molar-refractivity contribution >= 4 is 29.3 Å². The molecule has 1 atom stereocenters. The number of amides is 2. The number of nitrogens with one attached hydrogen (secondary N) is 1. The Kier molecular flexibility index (Phi) is 6.26. The lowest BCUT2D eigenvalue weighted by Crippen LogP contribution is -2.41. The minimum atomic E-state index is -0.469. The molecular weight excluding hydrogens is 372 g/mol. The van der Waals surface area contributed by atoms with E-state index in [0.717, 1.165) is 23.2 Å². The van der Waals surface area contributed by atoms with Crippen molar-refractivity contribution in [3.05, 3.63) is 76.3 Å². The maximum Gasteiger partial charge on any atom is 0.257 e. The number of nitrogen functional groups attached to an aromatic ring is 1. The van der Waals surface area contributed by atoms with E-state index >= 15 is 0 Å². The normalized spacial score (nSPS) is 16.3. The van der Waals surface area contributed by atoms with Crippen LogP contribution in [0.1, 0.15) is 24.5 Å². The zero-order chi connectivity index (χ0) is 20.1. The lowest BCUT2D eigenvalue weighted by Gasteiger charge is -2.29. The number of nitrogens with zero attached hydrogens (tertiary/aromatic N) is 1. The van der Waals surface area contributed by atoms with Crippen LogP contribution in [0.5, 0.6) is 0 Å².